The van der Waals surface area contributed by atoms with Crippen molar-refractivity contribution in [2.24, 2.45) is 0 Å². The first-order chi connectivity index (χ1) is 7.85. The van der Waals surface area contributed by atoms with Gasteiger partial charge in [0.15, 0.2) is 0 Å². The molecular weight excluding hydrogens is 204 g/mol. The number of aromatic nitrogens is 2. The third-order valence-electron chi connectivity index (χ3n) is 2.28. The molecule has 1 aromatic carbocycles. The van der Waals surface area contributed by atoms with Gasteiger partial charge in [-0.15, -0.1) is 0 Å². The van der Waals surface area contributed by atoms with E-state index in [2.05, 4.69) is 9.97 Å². The molecule has 0 fully saturated rings. The molecule has 0 atom stereocenters. The summed E-state index contributed by atoms with van der Waals surface area (Å²) in [7, 11) is 3.27. The van der Waals surface area contributed by atoms with Gasteiger partial charge in [-0.25, -0.2) is 9.97 Å². The van der Waals surface area contributed by atoms with E-state index in [0.717, 1.165) is 22.6 Å². The summed E-state index contributed by atoms with van der Waals surface area (Å²) in [5.41, 5.74) is 1.82. The second kappa shape index (κ2) is 4.61. The van der Waals surface area contributed by atoms with E-state index < -0.39 is 0 Å². The number of nitrogens with zero attached hydrogens (tertiary/aromatic N) is 2. The number of hydrogen-bond donors (Lipinski definition) is 0. The molecule has 2 aromatic rings. The van der Waals surface area contributed by atoms with Crippen LogP contribution in [0.2, 0.25) is 0 Å². The summed E-state index contributed by atoms with van der Waals surface area (Å²) in [5.74, 6) is 1.55. The zero-order valence-electron chi connectivity index (χ0n) is 9.18. The van der Waals surface area contributed by atoms with Crippen LogP contribution in [0.3, 0.4) is 0 Å². The van der Waals surface area contributed by atoms with Gasteiger partial charge in [0.25, 0.3) is 0 Å². The summed E-state index contributed by atoms with van der Waals surface area (Å²) in [4.78, 5) is 7.97. The number of rotatable bonds is 3. The minimum absolute atomic E-state index is 0.774. The molecule has 0 aliphatic carbocycles. The third-order valence-corrected chi connectivity index (χ3v) is 2.28. The fraction of sp³-hybridized carbons (Fsp3) is 0.167. The average molecular weight is 216 g/mol. The lowest BCUT2D eigenvalue weighted by molar-refractivity contribution is 0.404. The highest BCUT2D eigenvalue weighted by Gasteiger charge is 2.07. The van der Waals surface area contributed by atoms with Crippen LogP contribution in [0.25, 0.3) is 11.1 Å². The number of benzene rings is 1. The van der Waals surface area contributed by atoms with E-state index in [1.807, 2.05) is 18.2 Å². The minimum atomic E-state index is 0.774. The highest BCUT2D eigenvalue weighted by molar-refractivity contribution is 5.70. The van der Waals surface area contributed by atoms with Crippen molar-refractivity contribution in [3.8, 4) is 22.6 Å². The predicted molar refractivity (Wildman–Crippen MR) is 60.6 cm³/mol. The Morgan fingerprint density at radius 2 is 1.75 bits per heavy atom. The average Bonchev–Trinajstić information content (AvgIpc) is 2.39. The molecule has 1 heterocycles. The van der Waals surface area contributed by atoms with Gasteiger partial charge < -0.3 is 9.47 Å². The molecule has 0 radical (unpaired) electrons. The Balaban J connectivity index is 2.53. The Morgan fingerprint density at radius 3 is 2.38 bits per heavy atom. The summed E-state index contributed by atoms with van der Waals surface area (Å²) < 4.78 is 10.5. The van der Waals surface area contributed by atoms with Crippen LogP contribution in [-0.2, 0) is 0 Å². The van der Waals surface area contributed by atoms with Gasteiger partial charge >= 0.3 is 0 Å². The van der Waals surface area contributed by atoms with Crippen LogP contribution in [0.5, 0.6) is 11.5 Å². The van der Waals surface area contributed by atoms with Crippen molar-refractivity contribution >= 4 is 0 Å². The van der Waals surface area contributed by atoms with E-state index >= 15 is 0 Å². The maximum Gasteiger partial charge on any atom is 0.127 e. The van der Waals surface area contributed by atoms with Gasteiger partial charge in [0, 0.05) is 23.5 Å². The molecule has 1 aromatic heterocycles. The lowest BCUT2D eigenvalue weighted by atomic mass is 10.1. The molecule has 0 bridgehead atoms. The van der Waals surface area contributed by atoms with E-state index in [9.17, 15) is 0 Å². The first-order valence-corrected chi connectivity index (χ1v) is 4.82. The molecule has 0 saturated carbocycles. The van der Waals surface area contributed by atoms with Crippen molar-refractivity contribution in [1.82, 2.24) is 9.97 Å². The number of hydrogen-bond acceptors (Lipinski definition) is 4. The van der Waals surface area contributed by atoms with Gasteiger partial charge in [-0.1, -0.05) is 0 Å². The summed E-state index contributed by atoms with van der Waals surface area (Å²) in [5, 5.41) is 0. The monoisotopic (exact) mass is 216 g/mol. The maximum absolute atomic E-state index is 5.29. The molecule has 4 heteroatoms. The van der Waals surface area contributed by atoms with Crippen molar-refractivity contribution < 1.29 is 9.47 Å². The Labute approximate surface area is 93.9 Å². The van der Waals surface area contributed by atoms with Crippen LogP contribution in [0.4, 0.5) is 0 Å². The molecule has 0 unspecified atom stereocenters. The molecule has 0 aliphatic rings. The second-order valence-corrected chi connectivity index (χ2v) is 3.19. The zero-order valence-corrected chi connectivity index (χ0v) is 9.18. The molecule has 2 rings (SSSR count). The van der Waals surface area contributed by atoms with Gasteiger partial charge in [-0.3, -0.25) is 0 Å². The summed E-state index contributed by atoms with van der Waals surface area (Å²) in [6.07, 6.45) is 4.98. The van der Waals surface area contributed by atoms with E-state index in [1.165, 1.54) is 6.33 Å². The standard InChI is InChI=1S/C12H12N2O2/c1-15-10-3-4-12(16-2)11(5-10)9-6-13-8-14-7-9/h3-8H,1-2H3. The van der Waals surface area contributed by atoms with Crippen LogP contribution in [0.1, 0.15) is 0 Å². The fourth-order valence-corrected chi connectivity index (χ4v) is 1.48. The Morgan fingerprint density at radius 1 is 1.00 bits per heavy atom. The largest absolute Gasteiger partial charge is 0.497 e. The van der Waals surface area contributed by atoms with Gasteiger partial charge in [0.2, 0.25) is 0 Å². The van der Waals surface area contributed by atoms with Crippen LogP contribution in [-0.4, -0.2) is 24.2 Å². The Bertz CT molecular complexity index is 472. The van der Waals surface area contributed by atoms with Crippen molar-refractivity contribution in [2.45, 2.75) is 0 Å². The Hall–Kier alpha value is -2.10. The van der Waals surface area contributed by atoms with E-state index in [1.54, 1.807) is 26.6 Å². The summed E-state index contributed by atoms with van der Waals surface area (Å²) in [6.45, 7) is 0. The molecule has 4 nitrogen and oxygen atoms in total. The summed E-state index contributed by atoms with van der Waals surface area (Å²) >= 11 is 0. The van der Waals surface area contributed by atoms with E-state index in [-0.39, 0.29) is 0 Å². The first-order valence-electron chi connectivity index (χ1n) is 4.82. The van der Waals surface area contributed by atoms with Gasteiger partial charge in [0.05, 0.1) is 14.2 Å². The Kier molecular flexibility index (Phi) is 3.00. The van der Waals surface area contributed by atoms with Gasteiger partial charge in [-0.05, 0) is 18.2 Å². The smallest absolute Gasteiger partial charge is 0.127 e. The highest BCUT2D eigenvalue weighted by atomic mass is 16.5. The molecule has 82 valence electrons. The SMILES string of the molecule is COc1ccc(OC)c(-c2cncnc2)c1. The van der Waals surface area contributed by atoms with Crippen LogP contribution < -0.4 is 9.47 Å². The number of methoxy groups -OCH3 is 2. The van der Waals surface area contributed by atoms with Gasteiger partial charge in [-0.2, -0.15) is 0 Å². The molecule has 0 saturated heterocycles. The molecule has 0 spiro atoms. The third kappa shape index (κ3) is 1.95. The predicted octanol–water partition coefficient (Wildman–Crippen LogP) is 2.16. The minimum Gasteiger partial charge on any atom is -0.497 e. The number of ether oxygens (including phenoxy) is 2. The second-order valence-electron chi connectivity index (χ2n) is 3.19. The van der Waals surface area contributed by atoms with Crippen molar-refractivity contribution in [3.63, 3.8) is 0 Å². The van der Waals surface area contributed by atoms with Crippen LogP contribution in [0, 0.1) is 0 Å². The van der Waals surface area contributed by atoms with Crippen LogP contribution in [0.15, 0.2) is 36.9 Å². The molecule has 0 N–H and O–H groups in total. The highest BCUT2D eigenvalue weighted by Crippen LogP contribution is 2.32. The van der Waals surface area contributed by atoms with E-state index in [0.29, 0.717) is 0 Å². The summed E-state index contributed by atoms with van der Waals surface area (Å²) in [6, 6.07) is 5.62. The van der Waals surface area contributed by atoms with Crippen molar-refractivity contribution in [2.75, 3.05) is 14.2 Å². The molecule has 0 aliphatic heterocycles. The van der Waals surface area contributed by atoms with Crippen molar-refractivity contribution in [3.05, 3.63) is 36.9 Å². The molecule has 0 amide bonds. The lowest BCUT2D eigenvalue weighted by Gasteiger charge is -2.09. The normalized spacial score (nSPS) is 9.88. The van der Waals surface area contributed by atoms with Crippen LogP contribution >= 0.6 is 0 Å². The van der Waals surface area contributed by atoms with Crippen molar-refractivity contribution in [1.29, 1.82) is 0 Å². The zero-order chi connectivity index (χ0) is 11.4. The fourth-order valence-electron chi connectivity index (χ4n) is 1.48. The quantitative estimate of drug-likeness (QED) is 0.788. The maximum atomic E-state index is 5.29. The van der Waals surface area contributed by atoms with Gasteiger partial charge in [0.1, 0.15) is 17.8 Å². The lowest BCUT2D eigenvalue weighted by Crippen LogP contribution is -1.91. The topological polar surface area (TPSA) is 44.2 Å². The van der Waals surface area contributed by atoms with E-state index in [4.69, 9.17) is 9.47 Å². The molecular formula is C12H12N2O2. The molecule has 16 heavy (non-hydrogen) atoms. The first kappa shape index (κ1) is 10.4.